The number of carbonyl (C=O) groups is 1. The lowest BCUT2D eigenvalue weighted by Gasteiger charge is -2.25. The molecule has 5 nitrogen and oxygen atoms in total. The van der Waals surface area contributed by atoms with E-state index in [0.717, 1.165) is 5.56 Å². The van der Waals surface area contributed by atoms with Gasteiger partial charge in [-0.15, -0.1) is 0 Å². The second-order valence-electron chi connectivity index (χ2n) is 6.18. The number of halogens is 1. The van der Waals surface area contributed by atoms with E-state index >= 15 is 0 Å². The first-order valence-corrected chi connectivity index (χ1v) is 8.57. The van der Waals surface area contributed by atoms with Crippen LogP contribution in [0.1, 0.15) is 22.2 Å². The number of rotatable bonds is 5. The summed E-state index contributed by atoms with van der Waals surface area (Å²) in [7, 11) is 3.83. The van der Waals surface area contributed by atoms with Crippen LogP contribution in [-0.4, -0.2) is 31.4 Å². The monoisotopic (exact) mass is 370 g/mol. The first kappa shape index (κ1) is 18.2. The molecule has 0 radical (unpaired) electrons. The van der Waals surface area contributed by atoms with Crippen LogP contribution in [0.15, 0.2) is 63.8 Å². The third kappa shape index (κ3) is 3.79. The molecular weight excluding hydrogens is 352 g/mol. The van der Waals surface area contributed by atoms with Crippen LogP contribution in [0, 0.1) is 0 Å². The zero-order valence-electron chi connectivity index (χ0n) is 14.5. The fourth-order valence-electron chi connectivity index (χ4n) is 2.81. The van der Waals surface area contributed by atoms with E-state index in [-0.39, 0.29) is 17.2 Å². The molecule has 0 aliphatic heterocycles. The minimum atomic E-state index is -0.438. The summed E-state index contributed by atoms with van der Waals surface area (Å²) in [4.78, 5) is 26.6. The fraction of sp³-hybridized carbons (Fsp3) is 0.200. The number of fused-ring (bicyclic) bond motifs is 1. The number of amides is 1. The molecule has 1 N–H and O–H groups in total. The van der Waals surface area contributed by atoms with Crippen molar-refractivity contribution in [2.45, 2.75) is 6.04 Å². The summed E-state index contributed by atoms with van der Waals surface area (Å²) in [5, 5.41) is 3.91. The Bertz CT molecular complexity index is 998. The van der Waals surface area contributed by atoms with Gasteiger partial charge in [0.25, 0.3) is 5.91 Å². The summed E-state index contributed by atoms with van der Waals surface area (Å²) >= 11 is 6.28. The summed E-state index contributed by atoms with van der Waals surface area (Å²) in [5.41, 5.74) is 1.06. The Morgan fingerprint density at radius 1 is 1.15 bits per heavy atom. The average molecular weight is 371 g/mol. The summed E-state index contributed by atoms with van der Waals surface area (Å²) in [6, 6.07) is 15.5. The molecule has 6 heteroatoms. The second-order valence-corrected chi connectivity index (χ2v) is 6.59. The quantitative estimate of drug-likeness (QED) is 0.746. The molecule has 0 unspecified atom stereocenters. The minimum absolute atomic E-state index is 0.00892. The number of nitrogens with zero attached hydrogens (tertiary/aromatic N) is 1. The lowest BCUT2D eigenvalue weighted by atomic mass is 10.1. The number of carbonyl (C=O) groups excluding carboxylic acids is 1. The molecule has 0 saturated heterocycles. The molecule has 3 rings (SSSR count). The van der Waals surface area contributed by atoms with Gasteiger partial charge in [0.1, 0.15) is 5.58 Å². The molecule has 0 fully saturated rings. The average Bonchev–Trinajstić information content (AvgIpc) is 2.63. The van der Waals surface area contributed by atoms with E-state index < -0.39 is 5.91 Å². The SMILES string of the molecule is CN(C)[C@H](CNC(=O)c1cc(=O)c2ccccc2o1)c1ccccc1Cl. The first-order chi connectivity index (χ1) is 12.5. The van der Waals surface area contributed by atoms with Crippen molar-refractivity contribution in [2.24, 2.45) is 0 Å². The van der Waals surface area contributed by atoms with Crippen molar-refractivity contribution in [3.05, 3.63) is 81.2 Å². The van der Waals surface area contributed by atoms with Crippen molar-refractivity contribution in [1.29, 1.82) is 0 Å². The van der Waals surface area contributed by atoms with E-state index in [2.05, 4.69) is 5.32 Å². The molecule has 1 amide bonds. The van der Waals surface area contributed by atoms with Crippen LogP contribution in [0.4, 0.5) is 0 Å². The molecule has 0 bridgehead atoms. The van der Waals surface area contributed by atoms with Crippen molar-refractivity contribution < 1.29 is 9.21 Å². The Morgan fingerprint density at radius 2 is 1.85 bits per heavy atom. The highest BCUT2D eigenvalue weighted by Gasteiger charge is 2.19. The molecule has 0 aliphatic rings. The molecule has 1 aromatic heterocycles. The third-order valence-corrected chi connectivity index (χ3v) is 4.55. The van der Waals surface area contributed by atoms with Gasteiger partial charge < -0.3 is 14.6 Å². The Labute approximate surface area is 156 Å². The lowest BCUT2D eigenvalue weighted by Crippen LogP contribution is -2.35. The highest BCUT2D eigenvalue weighted by Crippen LogP contribution is 2.25. The molecule has 26 heavy (non-hydrogen) atoms. The molecule has 134 valence electrons. The number of hydrogen-bond acceptors (Lipinski definition) is 4. The summed E-state index contributed by atoms with van der Waals surface area (Å²) in [5.74, 6) is -0.447. The predicted molar refractivity (Wildman–Crippen MR) is 103 cm³/mol. The van der Waals surface area contributed by atoms with Crippen LogP contribution in [0.25, 0.3) is 11.0 Å². The smallest absolute Gasteiger partial charge is 0.287 e. The van der Waals surface area contributed by atoms with Gasteiger partial charge in [-0.25, -0.2) is 0 Å². The van der Waals surface area contributed by atoms with Crippen LogP contribution >= 0.6 is 11.6 Å². The second kappa shape index (κ2) is 7.72. The van der Waals surface area contributed by atoms with Gasteiger partial charge in [-0.05, 0) is 37.9 Å². The zero-order chi connectivity index (χ0) is 18.7. The summed E-state index contributed by atoms with van der Waals surface area (Å²) < 4.78 is 5.57. The zero-order valence-corrected chi connectivity index (χ0v) is 15.3. The first-order valence-electron chi connectivity index (χ1n) is 8.19. The van der Waals surface area contributed by atoms with Crippen molar-refractivity contribution in [3.8, 4) is 0 Å². The summed E-state index contributed by atoms with van der Waals surface area (Å²) in [6.45, 7) is 0.325. The van der Waals surface area contributed by atoms with E-state index in [1.165, 1.54) is 6.07 Å². The van der Waals surface area contributed by atoms with Crippen molar-refractivity contribution >= 4 is 28.5 Å². The molecule has 0 spiro atoms. The Morgan fingerprint density at radius 3 is 2.58 bits per heavy atom. The third-order valence-electron chi connectivity index (χ3n) is 4.20. The van der Waals surface area contributed by atoms with E-state index in [9.17, 15) is 9.59 Å². The molecular formula is C20H19ClN2O3. The minimum Gasteiger partial charge on any atom is -0.451 e. The Hall–Kier alpha value is -2.63. The van der Waals surface area contributed by atoms with Crippen LogP contribution in [0.3, 0.4) is 0 Å². The van der Waals surface area contributed by atoms with Crippen LogP contribution in [-0.2, 0) is 0 Å². The van der Waals surface area contributed by atoms with Gasteiger partial charge >= 0.3 is 0 Å². The van der Waals surface area contributed by atoms with Gasteiger partial charge in [0.2, 0.25) is 0 Å². The molecule has 1 atom stereocenters. The maximum Gasteiger partial charge on any atom is 0.287 e. The lowest BCUT2D eigenvalue weighted by molar-refractivity contribution is 0.0914. The normalized spacial score (nSPS) is 12.3. The standard InChI is InChI=1S/C20H19ClN2O3/c1-23(2)16(13-7-3-5-9-15(13)21)12-22-20(25)19-11-17(24)14-8-4-6-10-18(14)26-19/h3-11,16H,12H2,1-2H3,(H,22,25)/t16-/m1/s1. The van der Waals surface area contributed by atoms with Crippen LogP contribution in [0.2, 0.25) is 5.02 Å². The van der Waals surface area contributed by atoms with Gasteiger partial charge in [0, 0.05) is 17.6 Å². The van der Waals surface area contributed by atoms with E-state index in [0.29, 0.717) is 22.5 Å². The topological polar surface area (TPSA) is 62.6 Å². The maximum absolute atomic E-state index is 12.5. The predicted octanol–water partition coefficient (Wildman–Crippen LogP) is 3.48. The van der Waals surface area contributed by atoms with E-state index in [4.69, 9.17) is 16.0 Å². The Balaban J connectivity index is 1.81. The Kier molecular flexibility index (Phi) is 5.40. The van der Waals surface area contributed by atoms with Crippen molar-refractivity contribution in [1.82, 2.24) is 10.2 Å². The van der Waals surface area contributed by atoms with Crippen molar-refractivity contribution in [3.63, 3.8) is 0 Å². The van der Waals surface area contributed by atoms with Crippen LogP contribution < -0.4 is 10.7 Å². The molecule has 1 heterocycles. The van der Waals surface area contributed by atoms with Gasteiger partial charge in [0.05, 0.1) is 11.4 Å². The van der Waals surface area contributed by atoms with Gasteiger partial charge in [-0.2, -0.15) is 0 Å². The van der Waals surface area contributed by atoms with E-state index in [1.807, 2.05) is 43.3 Å². The number of para-hydroxylation sites is 1. The number of nitrogens with one attached hydrogen (secondary N) is 1. The van der Waals surface area contributed by atoms with Gasteiger partial charge in [0.15, 0.2) is 11.2 Å². The van der Waals surface area contributed by atoms with Gasteiger partial charge in [-0.1, -0.05) is 41.9 Å². The molecule has 0 aliphatic carbocycles. The van der Waals surface area contributed by atoms with Crippen LogP contribution in [0.5, 0.6) is 0 Å². The highest BCUT2D eigenvalue weighted by molar-refractivity contribution is 6.31. The van der Waals surface area contributed by atoms with Crippen molar-refractivity contribution in [2.75, 3.05) is 20.6 Å². The maximum atomic E-state index is 12.5. The number of benzene rings is 2. The molecule has 2 aromatic carbocycles. The molecule has 3 aromatic rings. The molecule has 0 saturated carbocycles. The fourth-order valence-corrected chi connectivity index (χ4v) is 3.07. The largest absolute Gasteiger partial charge is 0.451 e. The number of likely N-dealkylation sites (N-methyl/N-ethyl adjacent to an activating group) is 1. The van der Waals surface area contributed by atoms with Gasteiger partial charge in [-0.3, -0.25) is 9.59 Å². The summed E-state index contributed by atoms with van der Waals surface area (Å²) in [6.07, 6.45) is 0. The highest BCUT2D eigenvalue weighted by atomic mass is 35.5. The number of hydrogen-bond donors (Lipinski definition) is 1. The van der Waals surface area contributed by atoms with E-state index in [1.54, 1.807) is 24.3 Å².